The van der Waals surface area contributed by atoms with E-state index in [4.69, 9.17) is 0 Å². The lowest BCUT2D eigenvalue weighted by atomic mass is 9.85. The smallest absolute Gasteiger partial charge is 0.274 e. The zero-order valence-electron chi connectivity index (χ0n) is 44.9. The summed E-state index contributed by atoms with van der Waals surface area (Å²) in [6.07, 6.45) is 6.38. The van der Waals surface area contributed by atoms with Crippen molar-refractivity contribution in [2.75, 3.05) is 17.7 Å². The van der Waals surface area contributed by atoms with Crippen LogP contribution in [0.3, 0.4) is 0 Å². The van der Waals surface area contributed by atoms with Crippen molar-refractivity contribution in [3.8, 4) is 32.7 Å². The van der Waals surface area contributed by atoms with Gasteiger partial charge in [-0.25, -0.2) is 27.2 Å². The van der Waals surface area contributed by atoms with E-state index in [0.717, 1.165) is 56.4 Å². The van der Waals surface area contributed by atoms with Crippen LogP contribution in [0.15, 0.2) is 120 Å². The number of halogens is 2. The van der Waals surface area contributed by atoms with Crippen LogP contribution >= 0.6 is 11.3 Å². The van der Waals surface area contributed by atoms with Gasteiger partial charge >= 0.3 is 0 Å². The number of hydrogen-bond acceptors (Lipinski definition) is 11. The Morgan fingerprint density at radius 1 is 0.863 bits per heavy atom. The molecule has 4 aromatic carbocycles. The Balaban J connectivity index is 0.792. The first kappa shape index (κ1) is 55.0. The van der Waals surface area contributed by atoms with Gasteiger partial charge in [-0.1, -0.05) is 93.6 Å². The summed E-state index contributed by atoms with van der Waals surface area (Å²) >= 11 is 1.58. The summed E-state index contributed by atoms with van der Waals surface area (Å²) in [5, 5.41) is 9.47. The number of hydrogen-bond donors (Lipinski definition) is 4. The van der Waals surface area contributed by atoms with Gasteiger partial charge in [0.1, 0.15) is 23.4 Å². The first-order valence-corrected chi connectivity index (χ1v) is 29.0. The van der Waals surface area contributed by atoms with Gasteiger partial charge in [0, 0.05) is 73.5 Å². The van der Waals surface area contributed by atoms with Crippen LogP contribution in [0.2, 0.25) is 0 Å². The van der Waals surface area contributed by atoms with Crippen molar-refractivity contribution in [1.29, 1.82) is 0 Å². The minimum atomic E-state index is -3.72. The lowest BCUT2D eigenvalue weighted by Crippen LogP contribution is -2.57. The van der Waals surface area contributed by atoms with Crippen LogP contribution in [0.25, 0.3) is 43.6 Å². The lowest BCUT2D eigenvalue weighted by Gasteiger charge is -2.35. The number of aromatic nitrogens is 4. The number of thiazole rings is 1. The third-order valence-electron chi connectivity index (χ3n) is 14.7. The van der Waals surface area contributed by atoms with Crippen LogP contribution in [-0.2, 0) is 63.1 Å². The van der Waals surface area contributed by atoms with Crippen LogP contribution in [0.4, 0.5) is 20.3 Å². The highest BCUT2D eigenvalue weighted by Crippen LogP contribution is 2.45. The Bertz CT molecular complexity index is 3910. The minimum absolute atomic E-state index is 0.0129. The second-order valence-electron chi connectivity index (χ2n) is 21.7. The zero-order chi connectivity index (χ0) is 56.8. The van der Waals surface area contributed by atoms with Gasteiger partial charge in [-0.15, -0.1) is 11.3 Å². The molecule has 20 heteroatoms. The molecule has 4 N–H and O–H groups in total. The Labute approximate surface area is 465 Å². The first-order chi connectivity index (χ1) is 38.1. The highest BCUT2D eigenvalue weighted by molar-refractivity contribution is 7.89. The summed E-state index contributed by atoms with van der Waals surface area (Å²) in [6.45, 7) is 8.38. The van der Waals surface area contributed by atoms with Crippen molar-refractivity contribution in [3.63, 3.8) is 0 Å². The van der Waals surface area contributed by atoms with Crippen molar-refractivity contribution < 1.29 is 36.4 Å². The number of likely N-dealkylation sites (tertiary alicyclic amines) is 1. The number of rotatable bonds is 15. The number of nitrogens with zero attached hydrogens (tertiary/aromatic N) is 5. The third-order valence-corrected chi connectivity index (χ3v) is 16.5. The molecule has 1 saturated heterocycles. The predicted molar refractivity (Wildman–Crippen MR) is 305 cm³/mol. The second-order valence-corrected chi connectivity index (χ2v) is 24.7. The van der Waals surface area contributed by atoms with E-state index in [2.05, 4.69) is 30.9 Å². The van der Waals surface area contributed by atoms with Crippen molar-refractivity contribution >= 4 is 67.2 Å². The van der Waals surface area contributed by atoms with Crippen LogP contribution in [0, 0.1) is 24.0 Å². The number of carbonyl (C=O) groups is 4. The summed E-state index contributed by atoms with van der Waals surface area (Å²) in [5.74, 6) is -4.07. The van der Waals surface area contributed by atoms with Crippen LogP contribution in [0.5, 0.6) is 0 Å². The van der Waals surface area contributed by atoms with E-state index in [1.807, 2.05) is 106 Å². The van der Waals surface area contributed by atoms with E-state index >= 15 is 4.39 Å². The fraction of sp³-hybridized carbons (Fsp3) is 0.283. The molecule has 412 valence electrons. The summed E-state index contributed by atoms with van der Waals surface area (Å²) in [7, 11) is -2.14. The molecule has 80 heavy (non-hydrogen) atoms. The lowest BCUT2D eigenvalue weighted by molar-refractivity contribution is -0.143. The van der Waals surface area contributed by atoms with Gasteiger partial charge in [-0.3, -0.25) is 24.0 Å². The van der Waals surface area contributed by atoms with E-state index in [0.29, 0.717) is 54.1 Å². The number of sulfone groups is 1. The molecule has 16 nitrogen and oxygen atoms in total. The van der Waals surface area contributed by atoms with Crippen LogP contribution < -0.4 is 26.4 Å². The van der Waals surface area contributed by atoms with Crippen LogP contribution in [0.1, 0.15) is 77.5 Å². The molecule has 0 spiro atoms. The van der Waals surface area contributed by atoms with Crippen molar-refractivity contribution in [3.05, 3.63) is 176 Å². The molecule has 2 aliphatic heterocycles. The summed E-state index contributed by atoms with van der Waals surface area (Å²) in [4.78, 5) is 84.6. The van der Waals surface area contributed by atoms with E-state index in [9.17, 15) is 36.8 Å². The molecule has 1 fully saturated rings. The molecule has 0 radical (unpaired) electrons. The summed E-state index contributed by atoms with van der Waals surface area (Å²) < 4.78 is 57.1. The summed E-state index contributed by atoms with van der Waals surface area (Å²) in [5.41, 5.74) is 9.28. The Morgan fingerprint density at radius 2 is 1.51 bits per heavy atom. The van der Waals surface area contributed by atoms with E-state index in [1.54, 1.807) is 41.7 Å². The molecule has 2 unspecified atom stereocenters. The average Bonchev–Trinajstić information content (AvgIpc) is 4.31. The Hall–Kier alpha value is -8.36. The Morgan fingerprint density at radius 3 is 2.14 bits per heavy atom. The fourth-order valence-corrected chi connectivity index (χ4v) is 12.2. The summed E-state index contributed by atoms with van der Waals surface area (Å²) in [6, 6.07) is 25.2. The van der Waals surface area contributed by atoms with E-state index in [-0.39, 0.29) is 70.9 Å². The van der Waals surface area contributed by atoms with E-state index in [1.165, 1.54) is 15.5 Å². The normalized spacial score (nSPS) is 14.6. The molecule has 2 aliphatic rings. The molecule has 4 aromatic heterocycles. The number of nitrogens with one attached hydrogen (secondary N) is 4. The quantitative estimate of drug-likeness (QED) is 0.0767. The largest absolute Gasteiger partial charge is 0.356 e. The van der Waals surface area contributed by atoms with Gasteiger partial charge in [-0.05, 0) is 81.8 Å². The number of amides is 4. The van der Waals surface area contributed by atoms with Gasteiger partial charge in [0.05, 0.1) is 46.7 Å². The zero-order valence-corrected chi connectivity index (χ0v) is 46.6. The van der Waals surface area contributed by atoms with Gasteiger partial charge in [-0.2, -0.15) is 0 Å². The number of aryl methyl sites for hydroxylation is 2. The van der Waals surface area contributed by atoms with Crippen molar-refractivity contribution in [1.82, 2.24) is 40.4 Å². The molecule has 0 saturated carbocycles. The molecule has 10 rings (SSSR count). The number of aromatic amines is 1. The van der Waals surface area contributed by atoms with Gasteiger partial charge in [0.2, 0.25) is 17.7 Å². The van der Waals surface area contributed by atoms with E-state index < -0.39 is 50.6 Å². The monoisotopic (exact) mass is 1120 g/mol. The maximum atomic E-state index is 15.6. The molecular weight excluding hydrogens is 1060 g/mol. The number of anilines is 2. The fourth-order valence-electron chi connectivity index (χ4n) is 10.6. The third kappa shape index (κ3) is 11.5. The maximum Gasteiger partial charge on any atom is 0.274 e. The van der Waals surface area contributed by atoms with Crippen molar-refractivity contribution in [2.45, 2.75) is 84.4 Å². The standard InChI is InChI=1S/C60H59F2N9O7S2/c1-34-53(79-33-67-34)40-19-13-37(14-20-40)27-66-57(74)48-8-7-21-70(48)59(76)54(60(2,3)4)68-50(72)22-35-9-15-38(16-10-35)39-17-11-36(12-18-39)26-65-56(73)44-25-49-45(23-41(44)32-80(6,77)78)46-31-69(5)58(75)52-51(46)42(28-63-52)30-71(49)55-47(62)24-43(61)29-64-55/h9-20,23-25,28-29,31,33,48,54,63H,7-8,21-22,26-27,30,32H2,1-6H3,(H,65,73)(H,66,74)(H,68,72). The molecule has 0 aliphatic carbocycles. The molecule has 6 heterocycles. The highest BCUT2D eigenvalue weighted by Gasteiger charge is 2.42. The molecular formula is C60H59F2N9O7S2. The first-order valence-electron chi connectivity index (χ1n) is 26.1. The number of carbonyl (C=O) groups excluding carboxylic acids is 4. The number of benzene rings is 4. The molecule has 4 amide bonds. The topological polar surface area (TPSA) is 209 Å². The minimum Gasteiger partial charge on any atom is -0.356 e. The van der Waals surface area contributed by atoms with Crippen LogP contribution in [-0.4, -0.2) is 81.3 Å². The highest BCUT2D eigenvalue weighted by atomic mass is 32.2. The van der Waals surface area contributed by atoms with Gasteiger partial charge in [0.15, 0.2) is 21.5 Å². The predicted octanol–water partition coefficient (Wildman–Crippen LogP) is 8.81. The number of fused-ring (bicyclic) bond motifs is 2. The second kappa shape index (κ2) is 22.1. The Kier molecular flexibility index (Phi) is 15.2. The SMILES string of the molecule is Cc1ncsc1-c1ccc(CNC(=O)C2CCCN2C(=O)C(NC(=O)Cc2ccc(-c3ccc(CNC(=O)c4cc5c(cc4CS(C)(=O)=O)-c4cn(C)c(=O)c6[nH]cc(c46)CN5c4ncc(F)cc4F)cc3)cc2)C(C)(C)C)cc1. The van der Waals surface area contributed by atoms with Crippen molar-refractivity contribution in [2.24, 2.45) is 12.5 Å². The molecule has 8 aromatic rings. The molecule has 2 atom stereocenters. The average molecular weight is 1120 g/mol. The maximum absolute atomic E-state index is 15.6. The van der Waals surface area contributed by atoms with Gasteiger partial charge < -0.3 is 35.3 Å². The number of H-pyrrole nitrogens is 1. The molecule has 0 bridgehead atoms. The van der Waals surface area contributed by atoms with Gasteiger partial charge in [0.25, 0.3) is 11.5 Å². The number of pyridine rings is 2.